The molecule has 0 atom stereocenters. The number of rotatable bonds is 2. The number of pyridine rings is 1. The number of hydrogen-bond acceptors (Lipinski definition) is 3. The first-order valence-electron chi connectivity index (χ1n) is 6.01. The van der Waals surface area contributed by atoms with E-state index >= 15 is 0 Å². The van der Waals surface area contributed by atoms with Gasteiger partial charge >= 0.3 is 0 Å². The number of nitrogens with zero attached hydrogens (tertiary/aromatic N) is 3. The second-order valence-corrected chi connectivity index (χ2v) is 4.69. The van der Waals surface area contributed by atoms with E-state index in [0.29, 0.717) is 6.04 Å². The Morgan fingerprint density at radius 2 is 2.24 bits per heavy atom. The van der Waals surface area contributed by atoms with Gasteiger partial charge in [-0.3, -0.25) is 10.1 Å². The van der Waals surface area contributed by atoms with Crippen LogP contribution in [-0.4, -0.2) is 27.8 Å². The van der Waals surface area contributed by atoms with Gasteiger partial charge < -0.3 is 4.90 Å². The molecule has 2 aromatic rings. The predicted octanol–water partition coefficient (Wildman–Crippen LogP) is 2.24. The molecule has 0 radical (unpaired) electrons. The topological polar surface area (TPSA) is 44.8 Å². The minimum atomic E-state index is 0.540. The van der Waals surface area contributed by atoms with E-state index in [-0.39, 0.29) is 0 Å². The van der Waals surface area contributed by atoms with Crippen LogP contribution in [-0.2, 0) is 6.42 Å². The molecule has 4 nitrogen and oxygen atoms in total. The molecule has 2 aromatic heterocycles. The van der Waals surface area contributed by atoms with E-state index in [0.717, 1.165) is 24.2 Å². The minimum absolute atomic E-state index is 0.540. The fourth-order valence-electron chi connectivity index (χ4n) is 2.37. The molecular weight excluding hydrogens is 212 g/mol. The maximum absolute atomic E-state index is 4.73. The van der Waals surface area contributed by atoms with Crippen molar-refractivity contribution in [2.24, 2.45) is 0 Å². The Labute approximate surface area is 101 Å². The van der Waals surface area contributed by atoms with E-state index in [9.17, 15) is 0 Å². The number of aromatic amines is 1. The highest BCUT2D eigenvalue weighted by Gasteiger charge is 2.22. The monoisotopic (exact) mass is 228 g/mol. The van der Waals surface area contributed by atoms with Crippen LogP contribution in [0.4, 0.5) is 5.69 Å². The molecule has 3 rings (SSSR count). The van der Waals surface area contributed by atoms with E-state index in [4.69, 9.17) is 4.98 Å². The van der Waals surface area contributed by atoms with Gasteiger partial charge in [-0.1, -0.05) is 0 Å². The molecule has 1 aliphatic rings. The number of anilines is 1. The zero-order chi connectivity index (χ0) is 11.8. The molecule has 1 aliphatic heterocycles. The second kappa shape index (κ2) is 3.87. The summed E-state index contributed by atoms with van der Waals surface area (Å²) in [5.74, 6) is 0. The summed E-state index contributed by atoms with van der Waals surface area (Å²) in [6, 6.07) is 4.79. The Bertz CT molecular complexity index is 516. The fourth-order valence-corrected chi connectivity index (χ4v) is 2.37. The predicted molar refractivity (Wildman–Crippen MR) is 68.0 cm³/mol. The Morgan fingerprint density at radius 3 is 2.94 bits per heavy atom. The first-order chi connectivity index (χ1) is 8.25. The second-order valence-electron chi connectivity index (χ2n) is 4.69. The third-order valence-electron chi connectivity index (χ3n) is 3.27. The highest BCUT2D eigenvalue weighted by molar-refractivity contribution is 5.64. The largest absolute Gasteiger partial charge is 0.367 e. The van der Waals surface area contributed by atoms with Crippen LogP contribution in [0.3, 0.4) is 0 Å². The maximum Gasteiger partial charge on any atom is 0.0738 e. The van der Waals surface area contributed by atoms with E-state index in [1.807, 2.05) is 12.4 Å². The summed E-state index contributed by atoms with van der Waals surface area (Å²) in [6.45, 7) is 5.52. The standard InChI is InChI=1S/C13H16N4/c1-9(2)17-6-5-12-13(17)4-3-11(16-12)10-7-14-15-8-10/h3-4,7-9H,5-6H2,1-2H3,(H,14,15). The molecule has 1 N–H and O–H groups in total. The molecule has 17 heavy (non-hydrogen) atoms. The molecule has 0 amide bonds. The van der Waals surface area contributed by atoms with E-state index in [1.165, 1.54) is 11.4 Å². The molecule has 0 fully saturated rings. The molecule has 0 saturated carbocycles. The zero-order valence-corrected chi connectivity index (χ0v) is 10.1. The number of aromatic nitrogens is 3. The number of hydrogen-bond donors (Lipinski definition) is 1. The van der Waals surface area contributed by atoms with Crippen LogP contribution in [0.25, 0.3) is 11.3 Å². The average Bonchev–Trinajstić information content (AvgIpc) is 2.97. The van der Waals surface area contributed by atoms with Crippen LogP contribution in [0, 0.1) is 0 Å². The van der Waals surface area contributed by atoms with Crippen LogP contribution < -0.4 is 4.90 Å². The summed E-state index contributed by atoms with van der Waals surface area (Å²) in [5, 5.41) is 6.78. The van der Waals surface area contributed by atoms with Crippen molar-refractivity contribution in [1.29, 1.82) is 0 Å². The van der Waals surface area contributed by atoms with Gasteiger partial charge in [0.1, 0.15) is 0 Å². The number of H-pyrrole nitrogens is 1. The van der Waals surface area contributed by atoms with Gasteiger partial charge in [-0.15, -0.1) is 0 Å². The SMILES string of the molecule is CC(C)N1CCc2nc(-c3cn[nH]c3)ccc21. The van der Waals surface area contributed by atoms with Gasteiger partial charge in [0.2, 0.25) is 0 Å². The van der Waals surface area contributed by atoms with Crippen molar-refractivity contribution in [1.82, 2.24) is 15.2 Å². The van der Waals surface area contributed by atoms with Crippen LogP contribution in [0.1, 0.15) is 19.5 Å². The summed E-state index contributed by atoms with van der Waals surface area (Å²) < 4.78 is 0. The van der Waals surface area contributed by atoms with Crippen molar-refractivity contribution in [2.45, 2.75) is 26.3 Å². The van der Waals surface area contributed by atoms with Gasteiger partial charge in [-0.05, 0) is 26.0 Å². The molecule has 0 spiro atoms. The normalized spacial score (nSPS) is 14.4. The van der Waals surface area contributed by atoms with E-state index in [2.05, 4.69) is 41.1 Å². The van der Waals surface area contributed by atoms with Crippen molar-refractivity contribution in [3.05, 3.63) is 30.2 Å². The summed E-state index contributed by atoms with van der Waals surface area (Å²) in [5.41, 5.74) is 4.54. The molecule has 88 valence electrons. The lowest BCUT2D eigenvalue weighted by atomic mass is 10.2. The number of fused-ring (bicyclic) bond motifs is 1. The lowest BCUT2D eigenvalue weighted by molar-refractivity contribution is 0.710. The van der Waals surface area contributed by atoms with Gasteiger partial charge in [0.05, 0.1) is 23.3 Å². The lowest BCUT2D eigenvalue weighted by Gasteiger charge is -2.23. The fraction of sp³-hybridized carbons (Fsp3) is 0.385. The van der Waals surface area contributed by atoms with Gasteiger partial charge in [-0.2, -0.15) is 5.10 Å². The van der Waals surface area contributed by atoms with Gasteiger partial charge in [-0.25, -0.2) is 0 Å². The molecular formula is C13H16N4. The average molecular weight is 228 g/mol. The highest BCUT2D eigenvalue weighted by atomic mass is 15.2. The van der Waals surface area contributed by atoms with E-state index < -0.39 is 0 Å². The molecule has 3 heterocycles. The highest BCUT2D eigenvalue weighted by Crippen LogP contribution is 2.30. The molecule has 0 aromatic carbocycles. The van der Waals surface area contributed by atoms with Crippen LogP contribution in [0.5, 0.6) is 0 Å². The molecule has 4 heteroatoms. The lowest BCUT2D eigenvalue weighted by Crippen LogP contribution is -2.28. The van der Waals surface area contributed by atoms with Gasteiger partial charge in [0.15, 0.2) is 0 Å². The van der Waals surface area contributed by atoms with Crippen molar-refractivity contribution in [2.75, 3.05) is 11.4 Å². The zero-order valence-electron chi connectivity index (χ0n) is 10.1. The first kappa shape index (κ1) is 10.3. The third kappa shape index (κ3) is 1.69. The first-order valence-corrected chi connectivity index (χ1v) is 6.01. The molecule has 0 aliphatic carbocycles. The molecule has 0 saturated heterocycles. The Kier molecular flexibility index (Phi) is 2.35. The van der Waals surface area contributed by atoms with Crippen LogP contribution in [0.15, 0.2) is 24.5 Å². The Hall–Kier alpha value is -1.84. The van der Waals surface area contributed by atoms with Gasteiger partial charge in [0.25, 0.3) is 0 Å². The van der Waals surface area contributed by atoms with Crippen molar-refractivity contribution >= 4 is 5.69 Å². The summed E-state index contributed by atoms with van der Waals surface area (Å²) in [6.07, 6.45) is 4.73. The van der Waals surface area contributed by atoms with Gasteiger partial charge in [0, 0.05) is 30.8 Å². The summed E-state index contributed by atoms with van der Waals surface area (Å²) in [7, 11) is 0. The minimum Gasteiger partial charge on any atom is -0.367 e. The van der Waals surface area contributed by atoms with Crippen molar-refractivity contribution in [3.63, 3.8) is 0 Å². The molecule has 0 unspecified atom stereocenters. The van der Waals surface area contributed by atoms with Crippen molar-refractivity contribution < 1.29 is 0 Å². The summed E-state index contributed by atoms with van der Waals surface area (Å²) in [4.78, 5) is 7.13. The maximum atomic E-state index is 4.73. The van der Waals surface area contributed by atoms with Crippen LogP contribution in [0.2, 0.25) is 0 Å². The number of nitrogens with one attached hydrogen (secondary N) is 1. The third-order valence-corrected chi connectivity index (χ3v) is 3.27. The Morgan fingerprint density at radius 1 is 1.35 bits per heavy atom. The Balaban J connectivity index is 1.99. The molecule has 0 bridgehead atoms. The van der Waals surface area contributed by atoms with E-state index in [1.54, 1.807) is 0 Å². The van der Waals surface area contributed by atoms with Crippen LogP contribution >= 0.6 is 0 Å². The quantitative estimate of drug-likeness (QED) is 0.857. The van der Waals surface area contributed by atoms with Crippen molar-refractivity contribution in [3.8, 4) is 11.3 Å². The smallest absolute Gasteiger partial charge is 0.0738 e. The summed E-state index contributed by atoms with van der Waals surface area (Å²) >= 11 is 0.